The monoisotopic (exact) mass is 489 g/mol. The maximum absolute atomic E-state index is 13.2. The Balaban J connectivity index is 1.79. The molecule has 0 radical (unpaired) electrons. The van der Waals surface area contributed by atoms with Crippen molar-refractivity contribution in [3.05, 3.63) is 57.5 Å². The Bertz CT molecular complexity index is 986. The van der Waals surface area contributed by atoms with Gasteiger partial charge in [0, 0.05) is 15.9 Å². The summed E-state index contributed by atoms with van der Waals surface area (Å²) >= 11 is 6.71. The zero-order valence-corrected chi connectivity index (χ0v) is 17.3. The van der Waals surface area contributed by atoms with Crippen LogP contribution in [0.1, 0.15) is 6.92 Å². The zero-order chi connectivity index (χ0) is 19.3. The van der Waals surface area contributed by atoms with E-state index in [-0.39, 0.29) is 11.5 Å². The van der Waals surface area contributed by atoms with Crippen molar-refractivity contribution < 1.29 is 14.4 Å². The molecule has 4 rings (SSSR count). The fraction of sp³-hybridized carbons (Fsp3) is 0.158. The van der Waals surface area contributed by atoms with Crippen LogP contribution >= 0.6 is 31.9 Å². The highest BCUT2D eigenvalue weighted by Crippen LogP contribution is 2.38. The van der Waals surface area contributed by atoms with Crippen LogP contribution in [0.4, 0.5) is 11.4 Å². The Labute approximate surface area is 172 Å². The number of nitrogens with zero attached hydrogens (tertiary/aromatic N) is 3. The fourth-order valence-corrected chi connectivity index (χ4v) is 3.89. The molecular weight excluding hydrogens is 478 g/mol. The Morgan fingerprint density at radius 3 is 1.93 bits per heavy atom. The van der Waals surface area contributed by atoms with Gasteiger partial charge in [0.25, 0.3) is 5.91 Å². The van der Waals surface area contributed by atoms with Crippen molar-refractivity contribution in [1.82, 2.24) is 0 Å². The van der Waals surface area contributed by atoms with Crippen LogP contribution in [0, 0.1) is 5.92 Å². The lowest BCUT2D eigenvalue weighted by molar-refractivity contribution is -0.122. The molecule has 0 bridgehead atoms. The third-order valence-electron chi connectivity index (χ3n) is 4.59. The molecule has 2 aromatic rings. The first-order chi connectivity index (χ1) is 12.9. The summed E-state index contributed by atoms with van der Waals surface area (Å²) in [5.41, 5.74) is 1.23. The standard InChI is InChI=1S/C19H13Br2N3O3/c1-10(25)16-15-17(24(22-16)14-8-4-12(21)5-9-14)19(27)23(18(15)26)13-6-2-11(20)3-7-13/h2-9,15,17H,1H3/t15-,17-/m0/s1. The van der Waals surface area contributed by atoms with E-state index in [2.05, 4.69) is 37.0 Å². The SMILES string of the molecule is CC(=O)C1=NN(c2ccc(Br)cc2)[C@@H]2C(=O)N(c3ccc(Br)cc3)C(=O)[C@@H]12. The minimum atomic E-state index is -0.901. The minimum Gasteiger partial charge on any atom is -0.293 e. The molecule has 0 aliphatic carbocycles. The van der Waals surface area contributed by atoms with Crippen molar-refractivity contribution in [3.63, 3.8) is 0 Å². The molecule has 0 saturated carbocycles. The van der Waals surface area contributed by atoms with E-state index < -0.39 is 23.8 Å². The quantitative estimate of drug-likeness (QED) is 0.617. The van der Waals surface area contributed by atoms with E-state index in [1.165, 1.54) is 11.9 Å². The summed E-state index contributed by atoms with van der Waals surface area (Å²) in [4.78, 5) is 39.5. The fourth-order valence-electron chi connectivity index (χ4n) is 3.36. The lowest BCUT2D eigenvalue weighted by atomic mass is 9.95. The molecule has 1 fully saturated rings. The summed E-state index contributed by atoms with van der Waals surface area (Å²) in [5.74, 6) is -2.04. The van der Waals surface area contributed by atoms with E-state index >= 15 is 0 Å². The van der Waals surface area contributed by atoms with Crippen molar-refractivity contribution in [2.24, 2.45) is 11.0 Å². The van der Waals surface area contributed by atoms with Gasteiger partial charge in [-0.3, -0.25) is 19.4 Å². The van der Waals surface area contributed by atoms with Gasteiger partial charge in [0.1, 0.15) is 17.7 Å². The lowest BCUT2D eigenvalue weighted by Crippen LogP contribution is -2.39. The smallest absolute Gasteiger partial charge is 0.259 e. The molecule has 27 heavy (non-hydrogen) atoms. The summed E-state index contributed by atoms with van der Waals surface area (Å²) in [6.45, 7) is 1.36. The Morgan fingerprint density at radius 2 is 1.41 bits per heavy atom. The van der Waals surface area contributed by atoms with Crippen LogP contribution in [0.25, 0.3) is 0 Å². The number of fused-ring (bicyclic) bond motifs is 1. The van der Waals surface area contributed by atoms with Gasteiger partial charge in [0.2, 0.25) is 5.91 Å². The number of hydrogen-bond acceptors (Lipinski definition) is 5. The molecule has 0 unspecified atom stereocenters. The van der Waals surface area contributed by atoms with Gasteiger partial charge in [-0.2, -0.15) is 5.10 Å². The number of ketones is 1. The van der Waals surface area contributed by atoms with Crippen LogP contribution < -0.4 is 9.91 Å². The number of amides is 2. The number of anilines is 2. The summed E-state index contributed by atoms with van der Waals surface area (Å²) in [6.07, 6.45) is 0. The third kappa shape index (κ3) is 2.93. The molecular formula is C19H13Br2N3O3. The second kappa shape index (κ2) is 6.69. The second-order valence-corrected chi connectivity index (χ2v) is 8.10. The van der Waals surface area contributed by atoms with E-state index in [1.54, 1.807) is 36.4 Å². The van der Waals surface area contributed by atoms with Gasteiger partial charge in [-0.15, -0.1) is 0 Å². The van der Waals surface area contributed by atoms with E-state index in [9.17, 15) is 14.4 Å². The van der Waals surface area contributed by atoms with Gasteiger partial charge >= 0.3 is 0 Å². The Kier molecular flexibility index (Phi) is 4.47. The van der Waals surface area contributed by atoms with Crippen LogP contribution in [0.5, 0.6) is 0 Å². The number of hydrogen-bond donors (Lipinski definition) is 0. The first-order valence-corrected chi connectivity index (χ1v) is 9.74. The molecule has 136 valence electrons. The van der Waals surface area contributed by atoms with E-state index in [0.717, 1.165) is 13.8 Å². The van der Waals surface area contributed by atoms with Gasteiger partial charge in [-0.25, -0.2) is 4.90 Å². The summed E-state index contributed by atoms with van der Waals surface area (Å²) in [6, 6.07) is 13.2. The number of hydrazone groups is 1. The molecule has 0 spiro atoms. The molecule has 2 aromatic carbocycles. The third-order valence-corrected chi connectivity index (χ3v) is 5.64. The largest absolute Gasteiger partial charge is 0.293 e. The number of rotatable bonds is 3. The van der Waals surface area contributed by atoms with Gasteiger partial charge in [0.05, 0.1) is 11.4 Å². The maximum Gasteiger partial charge on any atom is 0.259 e. The molecule has 2 aliphatic heterocycles. The highest BCUT2D eigenvalue weighted by Gasteiger charge is 2.58. The van der Waals surface area contributed by atoms with Crippen molar-refractivity contribution in [1.29, 1.82) is 0 Å². The molecule has 2 aliphatic rings. The predicted molar refractivity (Wildman–Crippen MR) is 109 cm³/mol. The molecule has 2 atom stereocenters. The van der Waals surface area contributed by atoms with Crippen LogP contribution in [0.15, 0.2) is 62.6 Å². The molecule has 6 nitrogen and oxygen atoms in total. The minimum absolute atomic E-state index is 0.112. The Hall–Kier alpha value is -2.32. The first-order valence-electron chi connectivity index (χ1n) is 8.16. The predicted octanol–water partition coefficient (Wildman–Crippen LogP) is 3.53. The maximum atomic E-state index is 13.2. The first kappa shape index (κ1) is 18.1. The molecule has 8 heteroatoms. The summed E-state index contributed by atoms with van der Waals surface area (Å²) in [7, 11) is 0. The summed E-state index contributed by atoms with van der Waals surface area (Å²) in [5, 5.41) is 5.80. The van der Waals surface area contributed by atoms with Crippen LogP contribution in [-0.2, 0) is 14.4 Å². The molecule has 2 heterocycles. The van der Waals surface area contributed by atoms with E-state index in [0.29, 0.717) is 11.4 Å². The van der Waals surface area contributed by atoms with Crippen LogP contribution in [0.3, 0.4) is 0 Å². The average Bonchev–Trinajstić information content (AvgIpc) is 3.15. The van der Waals surface area contributed by atoms with E-state index in [1.807, 2.05) is 12.1 Å². The van der Waals surface area contributed by atoms with E-state index in [4.69, 9.17) is 0 Å². The number of carbonyl (C=O) groups is 3. The number of benzene rings is 2. The van der Waals surface area contributed by atoms with Gasteiger partial charge in [0.15, 0.2) is 5.78 Å². The zero-order valence-electron chi connectivity index (χ0n) is 14.1. The van der Waals surface area contributed by atoms with Crippen LogP contribution in [-0.4, -0.2) is 29.4 Å². The van der Waals surface area contributed by atoms with Crippen LogP contribution in [0.2, 0.25) is 0 Å². The molecule has 0 aromatic heterocycles. The van der Waals surface area contributed by atoms with Gasteiger partial charge in [-0.05, 0) is 48.5 Å². The van der Waals surface area contributed by atoms with Gasteiger partial charge in [-0.1, -0.05) is 31.9 Å². The number of carbonyl (C=O) groups excluding carboxylic acids is 3. The van der Waals surface area contributed by atoms with Gasteiger partial charge < -0.3 is 0 Å². The average molecular weight is 491 g/mol. The lowest BCUT2D eigenvalue weighted by Gasteiger charge is -2.22. The second-order valence-electron chi connectivity index (χ2n) is 6.27. The van der Waals surface area contributed by atoms with Crippen molar-refractivity contribution in [2.75, 3.05) is 9.91 Å². The van der Waals surface area contributed by atoms with Crippen molar-refractivity contribution >= 4 is 66.5 Å². The highest BCUT2D eigenvalue weighted by molar-refractivity contribution is 9.10. The number of imide groups is 1. The Morgan fingerprint density at radius 1 is 0.889 bits per heavy atom. The van der Waals surface area contributed by atoms with Crippen molar-refractivity contribution in [2.45, 2.75) is 13.0 Å². The number of halogens is 2. The van der Waals surface area contributed by atoms with Crippen molar-refractivity contribution in [3.8, 4) is 0 Å². The molecule has 1 saturated heterocycles. The number of Topliss-reactive ketones (excluding diaryl/α,β-unsaturated/α-hetero) is 1. The normalized spacial score (nSPS) is 21.5. The molecule has 0 N–H and O–H groups in total. The summed E-state index contributed by atoms with van der Waals surface area (Å²) < 4.78 is 1.72. The molecule has 2 amide bonds. The topological polar surface area (TPSA) is 70.1 Å². The highest BCUT2D eigenvalue weighted by atomic mass is 79.9.